The molecule has 0 amide bonds. The van der Waals surface area contributed by atoms with Crippen molar-refractivity contribution in [3.05, 3.63) is 0 Å². The van der Waals surface area contributed by atoms with Crippen LogP contribution in [-0.2, 0) is 4.74 Å². The molecule has 14 heavy (non-hydrogen) atoms. The highest BCUT2D eigenvalue weighted by atomic mass is 16.5. The minimum atomic E-state index is 0.0998. The lowest BCUT2D eigenvalue weighted by atomic mass is 9.88. The Labute approximate surface area is 86.5 Å². The summed E-state index contributed by atoms with van der Waals surface area (Å²) in [6, 6.07) is 0. The third-order valence-electron chi connectivity index (χ3n) is 2.82. The van der Waals surface area contributed by atoms with Crippen molar-refractivity contribution in [1.29, 1.82) is 5.41 Å². The van der Waals surface area contributed by atoms with Crippen molar-refractivity contribution < 1.29 is 4.74 Å². The highest BCUT2D eigenvalue weighted by molar-refractivity contribution is 5.77. The van der Waals surface area contributed by atoms with Gasteiger partial charge < -0.3 is 10.5 Å². The molecule has 3 atom stereocenters. The fourth-order valence-electron chi connectivity index (χ4n) is 2.19. The first-order chi connectivity index (χ1) is 6.58. The number of amidine groups is 1. The van der Waals surface area contributed by atoms with Crippen LogP contribution in [0.15, 0.2) is 0 Å². The Kier molecular flexibility index (Phi) is 4.39. The number of hydrogen-bond donors (Lipinski definition) is 2. The van der Waals surface area contributed by atoms with Gasteiger partial charge in [-0.25, -0.2) is 0 Å². The molecule has 0 aromatic rings. The average molecular weight is 198 g/mol. The fraction of sp³-hybridized carbons (Fsp3) is 0.909. The molecule has 0 aliphatic heterocycles. The molecule has 0 saturated heterocycles. The van der Waals surface area contributed by atoms with Gasteiger partial charge in [0.15, 0.2) is 0 Å². The summed E-state index contributed by atoms with van der Waals surface area (Å²) >= 11 is 0. The van der Waals surface area contributed by atoms with Gasteiger partial charge in [-0.1, -0.05) is 19.8 Å². The van der Waals surface area contributed by atoms with Crippen LogP contribution < -0.4 is 5.73 Å². The van der Waals surface area contributed by atoms with Crippen LogP contribution in [0.4, 0.5) is 0 Å². The van der Waals surface area contributed by atoms with Gasteiger partial charge in [-0.15, -0.1) is 0 Å². The van der Waals surface area contributed by atoms with E-state index in [-0.39, 0.29) is 11.9 Å². The van der Waals surface area contributed by atoms with Gasteiger partial charge in [-0.3, -0.25) is 5.41 Å². The minimum Gasteiger partial charge on any atom is -0.388 e. The molecular weight excluding hydrogens is 176 g/mol. The SMILES string of the molecule is CC1CCCC(OC(C)CC(=N)N)C1. The van der Waals surface area contributed by atoms with Gasteiger partial charge in [0, 0.05) is 6.42 Å². The second-order valence-corrected chi connectivity index (χ2v) is 4.57. The van der Waals surface area contributed by atoms with Gasteiger partial charge in [-0.2, -0.15) is 0 Å². The molecule has 1 saturated carbocycles. The summed E-state index contributed by atoms with van der Waals surface area (Å²) in [5.74, 6) is 1.01. The number of rotatable bonds is 4. The van der Waals surface area contributed by atoms with Crippen LogP contribution in [0.3, 0.4) is 0 Å². The van der Waals surface area contributed by atoms with Crippen LogP contribution in [0.1, 0.15) is 46.0 Å². The normalized spacial score (nSPS) is 29.9. The van der Waals surface area contributed by atoms with Crippen molar-refractivity contribution in [1.82, 2.24) is 0 Å². The summed E-state index contributed by atoms with van der Waals surface area (Å²) in [5, 5.41) is 7.18. The van der Waals surface area contributed by atoms with Gasteiger partial charge in [0.2, 0.25) is 0 Å². The zero-order chi connectivity index (χ0) is 10.6. The lowest BCUT2D eigenvalue weighted by Crippen LogP contribution is -2.28. The van der Waals surface area contributed by atoms with Crippen LogP contribution in [-0.4, -0.2) is 18.0 Å². The first kappa shape index (κ1) is 11.5. The van der Waals surface area contributed by atoms with Gasteiger partial charge in [0.1, 0.15) is 0 Å². The highest BCUT2D eigenvalue weighted by Gasteiger charge is 2.21. The fourth-order valence-corrected chi connectivity index (χ4v) is 2.19. The summed E-state index contributed by atoms with van der Waals surface area (Å²) in [6.45, 7) is 4.28. The summed E-state index contributed by atoms with van der Waals surface area (Å²) in [7, 11) is 0. The van der Waals surface area contributed by atoms with Crippen molar-refractivity contribution in [3.63, 3.8) is 0 Å². The van der Waals surface area contributed by atoms with Gasteiger partial charge in [0.25, 0.3) is 0 Å². The van der Waals surface area contributed by atoms with E-state index >= 15 is 0 Å². The molecule has 0 spiro atoms. The van der Waals surface area contributed by atoms with E-state index in [0.717, 1.165) is 5.92 Å². The molecule has 1 fully saturated rings. The topological polar surface area (TPSA) is 59.1 Å². The predicted octanol–water partition coefficient (Wildman–Crippen LogP) is 2.30. The van der Waals surface area contributed by atoms with E-state index in [9.17, 15) is 0 Å². The first-order valence-corrected chi connectivity index (χ1v) is 5.56. The van der Waals surface area contributed by atoms with Gasteiger partial charge in [0.05, 0.1) is 18.0 Å². The smallest absolute Gasteiger partial charge is 0.0931 e. The van der Waals surface area contributed by atoms with E-state index in [1.807, 2.05) is 6.92 Å². The zero-order valence-corrected chi connectivity index (χ0v) is 9.25. The lowest BCUT2D eigenvalue weighted by Gasteiger charge is -2.29. The number of ether oxygens (including phenoxy) is 1. The second-order valence-electron chi connectivity index (χ2n) is 4.57. The molecule has 0 bridgehead atoms. The van der Waals surface area contributed by atoms with Gasteiger partial charge in [-0.05, 0) is 25.7 Å². The lowest BCUT2D eigenvalue weighted by molar-refractivity contribution is -0.0269. The molecule has 1 rings (SSSR count). The molecule has 3 unspecified atom stereocenters. The molecule has 3 nitrogen and oxygen atoms in total. The Balaban J connectivity index is 2.25. The van der Waals surface area contributed by atoms with E-state index in [1.165, 1.54) is 25.7 Å². The predicted molar refractivity (Wildman–Crippen MR) is 58.5 cm³/mol. The van der Waals surface area contributed by atoms with Gasteiger partial charge >= 0.3 is 0 Å². The molecule has 0 aromatic heterocycles. The van der Waals surface area contributed by atoms with Crippen LogP contribution in [0.25, 0.3) is 0 Å². The van der Waals surface area contributed by atoms with Crippen molar-refractivity contribution in [3.8, 4) is 0 Å². The summed E-state index contributed by atoms with van der Waals surface area (Å²) < 4.78 is 5.85. The molecule has 3 N–H and O–H groups in total. The molecule has 82 valence electrons. The molecule has 0 aromatic carbocycles. The first-order valence-electron chi connectivity index (χ1n) is 5.56. The molecule has 0 heterocycles. The zero-order valence-electron chi connectivity index (χ0n) is 9.25. The van der Waals surface area contributed by atoms with Crippen molar-refractivity contribution >= 4 is 5.84 Å². The van der Waals surface area contributed by atoms with Crippen molar-refractivity contribution in [2.45, 2.75) is 58.2 Å². The summed E-state index contributed by atoms with van der Waals surface area (Å²) in [6.07, 6.45) is 6.01. The third-order valence-corrected chi connectivity index (χ3v) is 2.82. The monoisotopic (exact) mass is 198 g/mol. The van der Waals surface area contributed by atoms with Crippen molar-refractivity contribution in [2.75, 3.05) is 0 Å². The van der Waals surface area contributed by atoms with Crippen LogP contribution in [0.2, 0.25) is 0 Å². The number of nitrogens with one attached hydrogen (secondary N) is 1. The average Bonchev–Trinajstić information content (AvgIpc) is 2.01. The minimum absolute atomic E-state index is 0.0998. The van der Waals surface area contributed by atoms with Crippen LogP contribution in [0, 0.1) is 11.3 Å². The summed E-state index contributed by atoms with van der Waals surface area (Å²) in [5.41, 5.74) is 5.33. The maximum Gasteiger partial charge on any atom is 0.0931 e. The standard InChI is InChI=1S/C11H22N2O/c1-8-4-3-5-10(6-8)14-9(2)7-11(12)13/h8-10H,3-7H2,1-2H3,(H3,12,13). The number of hydrogen-bond acceptors (Lipinski definition) is 2. The maximum atomic E-state index is 7.18. The van der Waals surface area contributed by atoms with Crippen molar-refractivity contribution in [2.24, 2.45) is 11.7 Å². The van der Waals surface area contributed by atoms with E-state index in [1.54, 1.807) is 0 Å². The third kappa shape index (κ3) is 4.09. The molecular formula is C11H22N2O. The van der Waals surface area contributed by atoms with Crippen LogP contribution >= 0.6 is 0 Å². The highest BCUT2D eigenvalue weighted by Crippen LogP contribution is 2.26. The van der Waals surface area contributed by atoms with E-state index < -0.39 is 0 Å². The Morgan fingerprint density at radius 3 is 2.86 bits per heavy atom. The van der Waals surface area contributed by atoms with E-state index in [2.05, 4.69) is 6.92 Å². The molecule has 3 heteroatoms. The van der Waals surface area contributed by atoms with Crippen LogP contribution in [0.5, 0.6) is 0 Å². The van der Waals surface area contributed by atoms with E-state index in [0.29, 0.717) is 12.5 Å². The van der Waals surface area contributed by atoms with E-state index in [4.69, 9.17) is 15.9 Å². The number of nitrogens with two attached hydrogens (primary N) is 1. The summed E-state index contributed by atoms with van der Waals surface area (Å²) in [4.78, 5) is 0. The largest absolute Gasteiger partial charge is 0.388 e. The second kappa shape index (κ2) is 5.35. The molecule has 1 aliphatic rings. The molecule has 1 aliphatic carbocycles. The Bertz CT molecular complexity index is 194. The molecule has 0 radical (unpaired) electrons. The Hall–Kier alpha value is -0.570. The maximum absolute atomic E-state index is 7.18. The Morgan fingerprint density at radius 2 is 2.29 bits per heavy atom. The Morgan fingerprint density at radius 1 is 1.57 bits per heavy atom. The quantitative estimate of drug-likeness (QED) is 0.538.